The number of hydrogen-bond acceptors (Lipinski definition) is 8. The van der Waals surface area contributed by atoms with Crippen molar-refractivity contribution in [3.05, 3.63) is 35.5 Å². The van der Waals surface area contributed by atoms with Gasteiger partial charge in [-0.3, -0.25) is 9.80 Å². The molecule has 0 spiro atoms. The van der Waals surface area contributed by atoms with Gasteiger partial charge in [-0.1, -0.05) is 0 Å². The zero-order valence-corrected chi connectivity index (χ0v) is 20.7. The highest BCUT2D eigenvalue weighted by atomic mass is 19.4. The Bertz CT molecular complexity index is 1170. The lowest BCUT2D eigenvalue weighted by Gasteiger charge is -2.38. The molecule has 2 heterocycles. The summed E-state index contributed by atoms with van der Waals surface area (Å²) in [6, 6.07) is 6.73. The summed E-state index contributed by atoms with van der Waals surface area (Å²) in [5.41, 5.74) is 2.54. The maximum Gasteiger partial charge on any atom is 0.419 e. The van der Waals surface area contributed by atoms with Crippen molar-refractivity contribution in [2.75, 3.05) is 64.0 Å². The normalized spacial score (nSPS) is 17.1. The molecule has 0 radical (unpaired) electrons. The molecule has 0 amide bonds. The molecule has 1 aromatic heterocycles. The number of nitrogens with two attached hydrogens (primary N) is 1. The molecule has 208 valence electrons. The number of nitrogens with zero attached hydrogens (tertiary/aromatic N) is 4. The zero-order chi connectivity index (χ0) is 28.3. The first-order chi connectivity index (χ1) is 17.7. The standard InChI is InChI=1S/C24H28F6N6O2/c1-22(37,24(28,29)30)14-36-7-5-35(6-8-36)9-10-38-20-4-3-15(11-16(20)23(25,26)27)17-12-18(33-2)21(32)19(13-31)34-17/h3-4,11-12,37H,5-10,14,32H2,1-2H3,(H,33,34). The van der Waals surface area contributed by atoms with E-state index < -0.39 is 30.1 Å². The van der Waals surface area contributed by atoms with Crippen LogP contribution in [0.5, 0.6) is 5.75 Å². The SMILES string of the molecule is CNc1cc(-c2ccc(OCCN3CCN(CC(C)(O)C(F)(F)F)CC3)c(C(F)(F)F)c2)nc(C#N)c1N. The fourth-order valence-corrected chi connectivity index (χ4v) is 4.01. The van der Waals surface area contributed by atoms with Gasteiger partial charge in [-0.05, 0) is 31.2 Å². The summed E-state index contributed by atoms with van der Waals surface area (Å²) in [4.78, 5) is 7.42. The van der Waals surface area contributed by atoms with E-state index in [1.807, 2.05) is 11.0 Å². The molecule has 1 atom stereocenters. The van der Waals surface area contributed by atoms with Crippen molar-refractivity contribution < 1.29 is 36.2 Å². The number of pyridine rings is 1. The van der Waals surface area contributed by atoms with Gasteiger partial charge in [0.1, 0.15) is 18.4 Å². The van der Waals surface area contributed by atoms with Gasteiger partial charge in [-0.2, -0.15) is 31.6 Å². The average molecular weight is 547 g/mol. The molecule has 8 nitrogen and oxygen atoms in total. The molecule has 1 saturated heterocycles. The molecule has 38 heavy (non-hydrogen) atoms. The number of anilines is 2. The third kappa shape index (κ3) is 6.77. The van der Waals surface area contributed by atoms with E-state index in [0.717, 1.165) is 13.0 Å². The van der Waals surface area contributed by atoms with Crippen molar-refractivity contribution in [1.82, 2.24) is 14.8 Å². The first kappa shape index (κ1) is 29.3. The lowest BCUT2D eigenvalue weighted by Crippen LogP contribution is -2.56. The van der Waals surface area contributed by atoms with E-state index in [4.69, 9.17) is 10.5 Å². The predicted molar refractivity (Wildman–Crippen MR) is 128 cm³/mol. The fourth-order valence-electron chi connectivity index (χ4n) is 4.01. The van der Waals surface area contributed by atoms with Crippen molar-refractivity contribution in [3.8, 4) is 23.1 Å². The molecule has 1 unspecified atom stereocenters. The Kier molecular flexibility index (Phi) is 8.65. The third-order valence-corrected chi connectivity index (χ3v) is 6.29. The number of piperazine rings is 1. The summed E-state index contributed by atoms with van der Waals surface area (Å²) < 4.78 is 85.7. The first-order valence-electron chi connectivity index (χ1n) is 11.6. The number of ether oxygens (including phenoxy) is 1. The number of aromatic nitrogens is 1. The largest absolute Gasteiger partial charge is 0.492 e. The lowest BCUT2D eigenvalue weighted by molar-refractivity contribution is -0.258. The van der Waals surface area contributed by atoms with Crippen molar-refractivity contribution in [2.24, 2.45) is 0 Å². The summed E-state index contributed by atoms with van der Waals surface area (Å²) >= 11 is 0. The van der Waals surface area contributed by atoms with Crippen molar-refractivity contribution in [2.45, 2.75) is 24.9 Å². The van der Waals surface area contributed by atoms with E-state index in [1.54, 1.807) is 7.05 Å². The highest BCUT2D eigenvalue weighted by Crippen LogP contribution is 2.39. The molecule has 2 aromatic rings. The van der Waals surface area contributed by atoms with Crippen LogP contribution in [0.3, 0.4) is 0 Å². The van der Waals surface area contributed by atoms with Crippen LogP contribution in [-0.4, -0.2) is 84.6 Å². The van der Waals surface area contributed by atoms with E-state index in [-0.39, 0.29) is 54.6 Å². The van der Waals surface area contributed by atoms with E-state index in [2.05, 4.69) is 10.3 Å². The Balaban J connectivity index is 1.66. The number of rotatable bonds is 8. The van der Waals surface area contributed by atoms with Gasteiger partial charge in [0.05, 0.1) is 22.6 Å². The van der Waals surface area contributed by atoms with Crippen LogP contribution in [0.25, 0.3) is 11.3 Å². The van der Waals surface area contributed by atoms with E-state index in [9.17, 15) is 36.7 Å². The van der Waals surface area contributed by atoms with Crippen LogP contribution in [-0.2, 0) is 6.18 Å². The molecule has 0 aliphatic carbocycles. The van der Waals surface area contributed by atoms with Gasteiger partial charge >= 0.3 is 12.4 Å². The number of β-amino-alcohol motifs (C(OH)–C–C–N with tert-alkyl or cyclic N) is 1. The highest BCUT2D eigenvalue weighted by molar-refractivity contribution is 5.77. The van der Waals surface area contributed by atoms with Crippen LogP contribution >= 0.6 is 0 Å². The quantitative estimate of drug-likeness (QED) is 0.431. The Morgan fingerprint density at radius 1 is 1.11 bits per heavy atom. The molecule has 3 rings (SSSR count). The van der Waals surface area contributed by atoms with Crippen LogP contribution in [0.2, 0.25) is 0 Å². The summed E-state index contributed by atoms with van der Waals surface area (Å²) in [6.45, 7) is 1.63. The van der Waals surface area contributed by atoms with E-state index in [0.29, 0.717) is 18.8 Å². The number of nitrogen functional groups attached to an aromatic ring is 1. The lowest BCUT2D eigenvalue weighted by atomic mass is 10.0. The van der Waals surface area contributed by atoms with Gasteiger partial charge in [-0.15, -0.1) is 0 Å². The van der Waals surface area contributed by atoms with Crippen LogP contribution in [0, 0.1) is 11.3 Å². The molecule has 1 aromatic carbocycles. The molecule has 0 bridgehead atoms. The van der Waals surface area contributed by atoms with E-state index in [1.165, 1.54) is 23.1 Å². The van der Waals surface area contributed by atoms with Crippen LogP contribution in [0.1, 0.15) is 18.2 Å². The second-order valence-corrected chi connectivity index (χ2v) is 9.13. The number of benzene rings is 1. The summed E-state index contributed by atoms with van der Waals surface area (Å²) in [7, 11) is 1.56. The Labute approximate surface area is 215 Å². The number of hydrogen-bond donors (Lipinski definition) is 3. The number of aliphatic hydroxyl groups is 1. The predicted octanol–water partition coefficient (Wildman–Crippen LogP) is 3.57. The molecule has 1 fully saturated rings. The van der Waals surface area contributed by atoms with Gasteiger partial charge in [0, 0.05) is 51.9 Å². The van der Waals surface area contributed by atoms with Crippen LogP contribution in [0.4, 0.5) is 37.7 Å². The monoisotopic (exact) mass is 546 g/mol. The average Bonchev–Trinajstić information content (AvgIpc) is 2.84. The maximum absolute atomic E-state index is 13.8. The smallest absolute Gasteiger partial charge is 0.419 e. The van der Waals surface area contributed by atoms with Gasteiger partial charge in [-0.25, -0.2) is 4.98 Å². The second-order valence-electron chi connectivity index (χ2n) is 9.13. The van der Waals surface area contributed by atoms with Crippen molar-refractivity contribution >= 4 is 11.4 Å². The second kappa shape index (κ2) is 11.2. The minimum Gasteiger partial charge on any atom is -0.492 e. The minimum atomic E-state index is -4.75. The maximum atomic E-state index is 13.8. The molecule has 0 saturated carbocycles. The molecule has 1 aliphatic rings. The summed E-state index contributed by atoms with van der Waals surface area (Å²) in [5.74, 6) is -0.383. The van der Waals surface area contributed by atoms with Gasteiger partial charge in [0.25, 0.3) is 0 Å². The van der Waals surface area contributed by atoms with E-state index >= 15 is 0 Å². The highest BCUT2D eigenvalue weighted by Gasteiger charge is 2.50. The third-order valence-electron chi connectivity index (χ3n) is 6.29. The fraction of sp³-hybridized carbons (Fsp3) is 0.500. The summed E-state index contributed by atoms with van der Waals surface area (Å²) in [6.07, 6.45) is -9.48. The Morgan fingerprint density at radius 2 is 1.74 bits per heavy atom. The molecule has 4 N–H and O–H groups in total. The minimum absolute atomic E-state index is 0.0781. The molecule has 1 aliphatic heterocycles. The van der Waals surface area contributed by atoms with Gasteiger partial charge in [0.15, 0.2) is 11.3 Å². The van der Waals surface area contributed by atoms with Crippen molar-refractivity contribution in [1.29, 1.82) is 5.26 Å². The molecular formula is C24H28F6N6O2. The van der Waals surface area contributed by atoms with Crippen molar-refractivity contribution in [3.63, 3.8) is 0 Å². The number of nitrogens with one attached hydrogen (secondary N) is 1. The number of nitriles is 1. The number of halogens is 6. The number of alkyl halides is 6. The molecule has 14 heteroatoms. The first-order valence-corrected chi connectivity index (χ1v) is 11.6. The Hall–Kier alpha value is -3.28. The van der Waals surface area contributed by atoms with Gasteiger partial charge in [0.2, 0.25) is 0 Å². The van der Waals surface area contributed by atoms with Gasteiger partial charge < -0.3 is 20.9 Å². The van der Waals surface area contributed by atoms with Crippen LogP contribution < -0.4 is 15.8 Å². The van der Waals surface area contributed by atoms with Crippen LogP contribution in [0.15, 0.2) is 24.3 Å². The summed E-state index contributed by atoms with van der Waals surface area (Å²) in [5, 5.41) is 21.7. The Morgan fingerprint density at radius 3 is 2.29 bits per heavy atom. The molecular weight excluding hydrogens is 518 g/mol. The topological polar surface area (TPSA) is 111 Å². The zero-order valence-electron chi connectivity index (χ0n) is 20.7.